The SMILES string of the molecule is COc1ccc(C(=O)c2ccc(C(O)(c3ccc(OCCCC(=O)O)cc3)c3ccc(OCCCC(=O)O)cc3)cc2)cc1. The number of carboxylic acids is 2. The number of ether oxygens (including phenoxy) is 3. The second-order valence-corrected chi connectivity index (χ2v) is 10.1. The van der Waals surface area contributed by atoms with Crippen LogP contribution in [0, 0.1) is 0 Å². The molecule has 9 nitrogen and oxygen atoms in total. The number of rotatable bonds is 16. The van der Waals surface area contributed by atoms with Gasteiger partial charge in [0.1, 0.15) is 22.8 Å². The summed E-state index contributed by atoms with van der Waals surface area (Å²) in [7, 11) is 1.56. The molecule has 0 heterocycles. The highest BCUT2D eigenvalue weighted by molar-refractivity contribution is 6.09. The van der Waals surface area contributed by atoms with E-state index in [-0.39, 0.29) is 31.8 Å². The lowest BCUT2D eigenvalue weighted by Crippen LogP contribution is -2.29. The first kappa shape index (κ1) is 31.8. The molecule has 0 saturated carbocycles. The fraction of sp³-hybridized carbons (Fsp3) is 0.229. The quantitative estimate of drug-likeness (QED) is 0.0842. The number of carbonyl (C=O) groups is 3. The summed E-state index contributed by atoms with van der Waals surface area (Å²) in [5, 5.41) is 30.0. The maximum Gasteiger partial charge on any atom is 0.303 e. The van der Waals surface area contributed by atoms with Crippen molar-refractivity contribution in [2.24, 2.45) is 0 Å². The van der Waals surface area contributed by atoms with Crippen LogP contribution in [-0.4, -0.2) is 53.4 Å². The Morgan fingerprint density at radius 3 is 1.27 bits per heavy atom. The third-order valence-corrected chi connectivity index (χ3v) is 7.07. The lowest BCUT2D eigenvalue weighted by Gasteiger charge is -2.30. The first-order valence-electron chi connectivity index (χ1n) is 14.1. The number of carbonyl (C=O) groups excluding carboxylic acids is 1. The number of benzene rings is 4. The standard InChI is InChI=1S/C35H34O9/c1-42-29-16-8-25(9-17-29)34(40)24-6-10-26(11-7-24)35(41,27-12-18-30(19-13-27)43-22-2-4-32(36)37)28-14-20-31(21-15-28)44-23-3-5-33(38)39/h6-21,41H,2-5,22-23H2,1H3,(H,36,37)(H,38,39). The van der Waals surface area contributed by atoms with Gasteiger partial charge in [0.2, 0.25) is 0 Å². The van der Waals surface area contributed by atoms with Gasteiger partial charge in [0.05, 0.1) is 20.3 Å². The molecule has 0 spiro atoms. The largest absolute Gasteiger partial charge is 0.497 e. The van der Waals surface area contributed by atoms with Crippen LogP contribution in [0.15, 0.2) is 97.1 Å². The Balaban J connectivity index is 1.61. The summed E-state index contributed by atoms with van der Waals surface area (Å²) < 4.78 is 16.5. The number of ketones is 1. The topological polar surface area (TPSA) is 140 Å². The van der Waals surface area contributed by atoms with E-state index in [2.05, 4.69) is 0 Å². The monoisotopic (exact) mass is 598 g/mol. The molecule has 9 heteroatoms. The Hall–Kier alpha value is -5.15. The molecule has 0 aliphatic heterocycles. The highest BCUT2D eigenvalue weighted by Crippen LogP contribution is 2.38. The molecule has 0 unspecified atom stereocenters. The summed E-state index contributed by atoms with van der Waals surface area (Å²) in [4.78, 5) is 34.6. The van der Waals surface area contributed by atoms with Crippen molar-refractivity contribution in [2.45, 2.75) is 31.3 Å². The lowest BCUT2D eigenvalue weighted by molar-refractivity contribution is -0.138. The van der Waals surface area contributed by atoms with Crippen LogP contribution in [0.3, 0.4) is 0 Å². The van der Waals surface area contributed by atoms with E-state index in [0.717, 1.165) is 0 Å². The minimum atomic E-state index is -1.62. The number of aliphatic carboxylic acids is 2. The zero-order valence-electron chi connectivity index (χ0n) is 24.3. The fourth-order valence-corrected chi connectivity index (χ4v) is 4.68. The maximum absolute atomic E-state index is 13.1. The predicted octanol–water partition coefficient (Wildman–Crippen LogP) is 5.70. The minimum Gasteiger partial charge on any atom is -0.497 e. The molecule has 228 valence electrons. The number of hydrogen-bond acceptors (Lipinski definition) is 7. The molecule has 4 aromatic rings. The van der Waals surface area contributed by atoms with Gasteiger partial charge in [0, 0.05) is 24.0 Å². The van der Waals surface area contributed by atoms with Gasteiger partial charge in [0.15, 0.2) is 5.78 Å². The Morgan fingerprint density at radius 1 is 0.568 bits per heavy atom. The lowest BCUT2D eigenvalue weighted by atomic mass is 9.80. The second-order valence-electron chi connectivity index (χ2n) is 10.1. The van der Waals surface area contributed by atoms with E-state index in [4.69, 9.17) is 24.4 Å². The van der Waals surface area contributed by atoms with Crippen LogP contribution in [0.2, 0.25) is 0 Å². The van der Waals surface area contributed by atoms with Gasteiger partial charge in [-0.3, -0.25) is 14.4 Å². The zero-order valence-corrected chi connectivity index (χ0v) is 24.3. The molecule has 0 radical (unpaired) electrons. The third-order valence-electron chi connectivity index (χ3n) is 7.07. The third kappa shape index (κ3) is 8.02. The van der Waals surface area contributed by atoms with Crippen LogP contribution in [0.4, 0.5) is 0 Å². The zero-order chi connectivity index (χ0) is 31.5. The van der Waals surface area contributed by atoms with Crippen molar-refractivity contribution in [1.29, 1.82) is 0 Å². The smallest absolute Gasteiger partial charge is 0.303 e. The van der Waals surface area contributed by atoms with Gasteiger partial charge >= 0.3 is 11.9 Å². The number of carboxylic acid groups (broad SMARTS) is 2. The summed E-state index contributed by atoms with van der Waals surface area (Å²) in [5.74, 6) is -0.226. The second kappa shape index (κ2) is 14.8. The first-order chi connectivity index (χ1) is 21.2. The molecule has 0 atom stereocenters. The van der Waals surface area contributed by atoms with E-state index in [9.17, 15) is 19.5 Å². The van der Waals surface area contributed by atoms with Crippen LogP contribution in [-0.2, 0) is 15.2 Å². The van der Waals surface area contributed by atoms with E-state index in [0.29, 0.717) is 57.9 Å². The van der Waals surface area contributed by atoms with Gasteiger partial charge in [0.25, 0.3) is 0 Å². The van der Waals surface area contributed by atoms with E-state index < -0.39 is 17.5 Å². The molecular weight excluding hydrogens is 564 g/mol. The van der Waals surface area contributed by atoms with Crippen LogP contribution in [0.25, 0.3) is 0 Å². The molecule has 4 rings (SSSR count). The first-order valence-corrected chi connectivity index (χ1v) is 14.1. The van der Waals surface area contributed by atoms with Gasteiger partial charge in [-0.1, -0.05) is 48.5 Å². The van der Waals surface area contributed by atoms with Crippen molar-refractivity contribution in [3.05, 3.63) is 125 Å². The van der Waals surface area contributed by atoms with Crippen LogP contribution >= 0.6 is 0 Å². The average molecular weight is 599 g/mol. The van der Waals surface area contributed by atoms with Crippen molar-refractivity contribution < 1.29 is 43.9 Å². The van der Waals surface area contributed by atoms with E-state index in [1.807, 2.05) is 0 Å². The molecule has 0 aliphatic rings. The van der Waals surface area contributed by atoms with Gasteiger partial charge in [-0.25, -0.2) is 0 Å². The van der Waals surface area contributed by atoms with Crippen molar-refractivity contribution in [3.8, 4) is 17.2 Å². The van der Waals surface area contributed by atoms with Gasteiger partial charge in [-0.2, -0.15) is 0 Å². The van der Waals surface area contributed by atoms with E-state index in [1.54, 1.807) is 104 Å². The maximum atomic E-state index is 13.1. The van der Waals surface area contributed by atoms with Crippen LogP contribution in [0.1, 0.15) is 58.3 Å². The highest BCUT2D eigenvalue weighted by Gasteiger charge is 2.34. The van der Waals surface area contributed by atoms with Crippen LogP contribution < -0.4 is 14.2 Å². The Morgan fingerprint density at radius 2 is 0.909 bits per heavy atom. The summed E-state index contributed by atoms with van der Waals surface area (Å²) in [5.41, 5.74) is 0.947. The molecule has 0 amide bonds. The van der Waals surface area contributed by atoms with Crippen molar-refractivity contribution in [1.82, 2.24) is 0 Å². The normalized spacial score (nSPS) is 11.0. The summed E-state index contributed by atoms with van der Waals surface area (Å²) in [6, 6.07) is 27.4. The fourth-order valence-electron chi connectivity index (χ4n) is 4.68. The average Bonchev–Trinajstić information content (AvgIpc) is 3.05. The highest BCUT2D eigenvalue weighted by atomic mass is 16.5. The molecule has 0 bridgehead atoms. The van der Waals surface area contributed by atoms with E-state index >= 15 is 0 Å². The molecule has 0 aliphatic carbocycles. The summed E-state index contributed by atoms with van der Waals surface area (Å²) >= 11 is 0. The van der Waals surface area contributed by atoms with Gasteiger partial charge < -0.3 is 29.5 Å². The minimum absolute atomic E-state index is 0.00800. The molecule has 4 aromatic carbocycles. The molecule has 44 heavy (non-hydrogen) atoms. The van der Waals surface area contributed by atoms with Gasteiger partial charge in [-0.05, 0) is 78.1 Å². The molecule has 0 fully saturated rings. The predicted molar refractivity (Wildman–Crippen MR) is 163 cm³/mol. The van der Waals surface area contributed by atoms with Gasteiger partial charge in [-0.15, -0.1) is 0 Å². The van der Waals surface area contributed by atoms with E-state index in [1.165, 1.54) is 0 Å². The molecular formula is C35H34O9. The number of aliphatic hydroxyl groups is 1. The summed E-state index contributed by atoms with van der Waals surface area (Å²) in [6.07, 6.45) is 0.753. The van der Waals surface area contributed by atoms with Crippen molar-refractivity contribution in [3.63, 3.8) is 0 Å². The molecule has 0 aromatic heterocycles. The number of methoxy groups -OCH3 is 1. The van der Waals surface area contributed by atoms with Crippen molar-refractivity contribution in [2.75, 3.05) is 20.3 Å². The Labute approximate surface area is 255 Å². The van der Waals surface area contributed by atoms with Crippen molar-refractivity contribution >= 4 is 17.7 Å². The Bertz CT molecular complexity index is 1480. The number of hydrogen-bond donors (Lipinski definition) is 3. The summed E-state index contributed by atoms with van der Waals surface area (Å²) in [6.45, 7) is 0.487. The molecule has 3 N–H and O–H groups in total. The van der Waals surface area contributed by atoms with Crippen LogP contribution in [0.5, 0.6) is 17.2 Å². The molecule has 0 saturated heterocycles. The Kier molecular flexibility index (Phi) is 10.7.